The van der Waals surface area contributed by atoms with Crippen LogP contribution in [0.4, 0.5) is 4.79 Å². The van der Waals surface area contributed by atoms with E-state index < -0.39 is 5.60 Å². The summed E-state index contributed by atoms with van der Waals surface area (Å²) in [4.78, 5) is 14.0. The SMILES string of the molecule is CO[C@H]1C([C@@]2(C)O[C@@H]2/C=C/C(C)C)[C@]2(CC[C@H]1OC(=O)N1CC(C)(O)C1)CO2. The van der Waals surface area contributed by atoms with E-state index in [9.17, 15) is 9.90 Å². The van der Waals surface area contributed by atoms with Crippen LogP contribution < -0.4 is 0 Å². The van der Waals surface area contributed by atoms with Gasteiger partial charge in [0.2, 0.25) is 0 Å². The number of hydrogen-bond acceptors (Lipinski definition) is 6. The Bertz CT molecular complexity index is 649. The quantitative estimate of drug-likeness (QED) is 0.567. The molecule has 3 heterocycles. The number of likely N-dealkylation sites (tertiary alicyclic amines) is 1. The van der Waals surface area contributed by atoms with Crippen LogP contribution in [0.2, 0.25) is 0 Å². The molecule has 158 valence electrons. The van der Waals surface area contributed by atoms with Crippen molar-refractivity contribution >= 4 is 6.09 Å². The number of carbonyl (C=O) groups is 1. The highest BCUT2D eigenvalue weighted by atomic mass is 16.6. The summed E-state index contributed by atoms with van der Waals surface area (Å²) in [6.45, 7) is 9.42. The van der Waals surface area contributed by atoms with Crippen LogP contribution in [0.25, 0.3) is 0 Å². The number of aliphatic hydroxyl groups is 1. The number of β-amino-alcohol motifs (C(OH)–C–C–N with tert-alkyl or cyclic N) is 1. The summed E-state index contributed by atoms with van der Waals surface area (Å²) in [5.41, 5.74) is -1.43. The summed E-state index contributed by atoms with van der Waals surface area (Å²) in [5, 5.41) is 9.88. The minimum atomic E-state index is -0.814. The smallest absolute Gasteiger partial charge is 0.410 e. The van der Waals surface area contributed by atoms with E-state index in [1.807, 2.05) is 0 Å². The van der Waals surface area contributed by atoms with E-state index in [2.05, 4.69) is 32.9 Å². The third kappa shape index (κ3) is 3.47. The Morgan fingerprint density at radius 2 is 2.00 bits per heavy atom. The first-order valence-corrected chi connectivity index (χ1v) is 10.3. The molecule has 7 nitrogen and oxygen atoms in total. The Hall–Kier alpha value is -1.15. The maximum absolute atomic E-state index is 12.5. The summed E-state index contributed by atoms with van der Waals surface area (Å²) in [5.74, 6) is 0.462. The molecule has 0 bridgehead atoms. The van der Waals surface area contributed by atoms with Crippen LogP contribution in [-0.4, -0.2) is 78.0 Å². The summed E-state index contributed by atoms with van der Waals surface area (Å²) >= 11 is 0. The maximum Gasteiger partial charge on any atom is 0.410 e. The second-order valence-corrected chi connectivity index (χ2v) is 9.70. The Kier molecular flexibility index (Phi) is 4.81. The fourth-order valence-electron chi connectivity index (χ4n) is 5.05. The molecule has 1 unspecified atom stereocenters. The zero-order valence-corrected chi connectivity index (χ0v) is 17.5. The lowest BCUT2D eigenvalue weighted by Crippen LogP contribution is -2.63. The van der Waals surface area contributed by atoms with Crippen molar-refractivity contribution in [2.24, 2.45) is 11.8 Å². The Balaban J connectivity index is 1.47. The van der Waals surface area contributed by atoms with E-state index in [-0.39, 0.29) is 41.5 Å². The fraction of sp³-hybridized carbons (Fsp3) is 0.857. The number of amides is 1. The van der Waals surface area contributed by atoms with Crippen LogP contribution in [0, 0.1) is 11.8 Å². The lowest BCUT2D eigenvalue weighted by Gasteiger charge is -2.46. The van der Waals surface area contributed by atoms with Gasteiger partial charge in [0.05, 0.1) is 31.2 Å². The van der Waals surface area contributed by atoms with Gasteiger partial charge in [-0.2, -0.15) is 0 Å². The largest absolute Gasteiger partial charge is 0.443 e. The minimum Gasteiger partial charge on any atom is -0.443 e. The van der Waals surface area contributed by atoms with E-state index >= 15 is 0 Å². The fourth-order valence-corrected chi connectivity index (χ4v) is 5.05. The molecule has 1 spiro atoms. The van der Waals surface area contributed by atoms with E-state index in [0.717, 1.165) is 6.42 Å². The topological polar surface area (TPSA) is 84.1 Å². The monoisotopic (exact) mass is 395 g/mol. The van der Waals surface area contributed by atoms with Gasteiger partial charge in [-0.3, -0.25) is 0 Å². The van der Waals surface area contributed by atoms with E-state index in [1.165, 1.54) is 4.90 Å². The van der Waals surface area contributed by atoms with Crippen molar-refractivity contribution in [3.63, 3.8) is 0 Å². The predicted octanol–water partition coefficient (Wildman–Crippen LogP) is 2.12. The number of hydrogen-bond donors (Lipinski definition) is 1. The number of allylic oxidation sites excluding steroid dienone is 1. The van der Waals surface area contributed by atoms with Crippen molar-refractivity contribution in [3.05, 3.63) is 12.2 Å². The molecular formula is C21H33NO6. The summed E-state index contributed by atoms with van der Waals surface area (Å²) in [6.07, 6.45) is 4.82. The zero-order chi connectivity index (χ0) is 20.3. The molecule has 4 fully saturated rings. The highest BCUT2D eigenvalue weighted by molar-refractivity contribution is 5.69. The lowest BCUT2D eigenvalue weighted by molar-refractivity contribution is -0.133. The van der Waals surface area contributed by atoms with Crippen molar-refractivity contribution in [1.82, 2.24) is 4.90 Å². The van der Waals surface area contributed by atoms with Crippen molar-refractivity contribution in [2.75, 3.05) is 26.8 Å². The highest BCUT2D eigenvalue weighted by Gasteiger charge is 2.72. The van der Waals surface area contributed by atoms with Crippen molar-refractivity contribution in [1.29, 1.82) is 0 Å². The van der Waals surface area contributed by atoms with Crippen LogP contribution >= 0.6 is 0 Å². The number of nitrogens with zero attached hydrogens (tertiary/aromatic N) is 1. The first kappa shape index (κ1) is 20.1. The molecule has 1 saturated carbocycles. The number of epoxide rings is 2. The molecule has 6 atom stereocenters. The van der Waals surface area contributed by atoms with Crippen LogP contribution in [0.1, 0.15) is 40.5 Å². The molecule has 1 amide bonds. The number of ether oxygens (including phenoxy) is 4. The molecule has 1 N–H and O–H groups in total. The molecule has 0 radical (unpaired) electrons. The zero-order valence-electron chi connectivity index (χ0n) is 17.5. The Labute approximate surface area is 166 Å². The third-order valence-corrected chi connectivity index (χ3v) is 6.65. The van der Waals surface area contributed by atoms with Gasteiger partial charge in [-0.15, -0.1) is 0 Å². The van der Waals surface area contributed by atoms with Gasteiger partial charge < -0.3 is 29.0 Å². The average molecular weight is 395 g/mol. The molecule has 1 aliphatic carbocycles. The summed E-state index contributed by atoms with van der Waals surface area (Å²) in [6, 6.07) is 0. The lowest BCUT2D eigenvalue weighted by atomic mass is 9.68. The van der Waals surface area contributed by atoms with Crippen LogP contribution in [0.5, 0.6) is 0 Å². The van der Waals surface area contributed by atoms with Gasteiger partial charge in [0, 0.05) is 7.11 Å². The molecule has 7 heteroatoms. The van der Waals surface area contributed by atoms with Gasteiger partial charge in [0.1, 0.15) is 29.5 Å². The second-order valence-electron chi connectivity index (χ2n) is 9.70. The van der Waals surface area contributed by atoms with Gasteiger partial charge in [-0.1, -0.05) is 26.0 Å². The number of rotatable bonds is 5. The van der Waals surface area contributed by atoms with Crippen molar-refractivity contribution in [2.45, 2.75) is 75.7 Å². The number of methoxy groups -OCH3 is 1. The molecule has 4 aliphatic rings. The molecule has 0 aromatic carbocycles. The first-order chi connectivity index (χ1) is 13.1. The van der Waals surface area contributed by atoms with Crippen LogP contribution in [-0.2, 0) is 18.9 Å². The summed E-state index contributed by atoms with van der Waals surface area (Å²) in [7, 11) is 1.67. The Morgan fingerprint density at radius 3 is 2.54 bits per heavy atom. The van der Waals surface area contributed by atoms with Crippen LogP contribution in [0.3, 0.4) is 0 Å². The molecule has 3 aliphatic heterocycles. The summed E-state index contributed by atoms with van der Waals surface area (Å²) < 4.78 is 23.7. The average Bonchev–Trinajstić information content (AvgIpc) is 3.50. The molecule has 0 aromatic rings. The third-order valence-electron chi connectivity index (χ3n) is 6.65. The highest BCUT2D eigenvalue weighted by Crippen LogP contribution is 2.59. The standard InChI is InChI=1S/C21H33NO6/c1-13(2)6-7-15-20(4,28-15)17-16(25-5)14(8-9-21(17)12-26-21)27-18(23)22-10-19(3,24)11-22/h6-7,13-17,24H,8-12H2,1-5H3/b7-6+/t14-,15-,16-,17?,20+,21+/m1/s1. The van der Waals surface area contributed by atoms with Gasteiger partial charge in [-0.05, 0) is 32.6 Å². The molecule has 0 aromatic heterocycles. The van der Waals surface area contributed by atoms with E-state index in [0.29, 0.717) is 32.0 Å². The van der Waals surface area contributed by atoms with Crippen LogP contribution in [0.15, 0.2) is 12.2 Å². The molecule has 3 saturated heterocycles. The van der Waals surface area contributed by atoms with Gasteiger partial charge in [0.25, 0.3) is 0 Å². The van der Waals surface area contributed by atoms with Crippen molar-refractivity contribution < 1.29 is 28.8 Å². The normalized spacial score (nSPS) is 44.0. The second kappa shape index (κ2) is 6.69. The first-order valence-electron chi connectivity index (χ1n) is 10.3. The maximum atomic E-state index is 12.5. The van der Waals surface area contributed by atoms with Gasteiger partial charge in [-0.25, -0.2) is 4.79 Å². The van der Waals surface area contributed by atoms with Gasteiger partial charge >= 0.3 is 6.09 Å². The molecule has 4 rings (SSSR count). The molecule has 28 heavy (non-hydrogen) atoms. The number of carbonyl (C=O) groups excluding carboxylic acids is 1. The minimum absolute atomic E-state index is 0.00198. The molecular weight excluding hydrogens is 362 g/mol. The van der Waals surface area contributed by atoms with E-state index in [4.69, 9.17) is 18.9 Å². The van der Waals surface area contributed by atoms with Crippen molar-refractivity contribution in [3.8, 4) is 0 Å². The van der Waals surface area contributed by atoms with E-state index in [1.54, 1.807) is 14.0 Å². The Morgan fingerprint density at radius 1 is 1.32 bits per heavy atom. The predicted molar refractivity (Wildman–Crippen MR) is 102 cm³/mol. The van der Waals surface area contributed by atoms with Gasteiger partial charge in [0.15, 0.2) is 0 Å².